The molecule has 34 atom stereocenters. The summed E-state index contributed by atoms with van der Waals surface area (Å²) in [5.74, 6) is -16.1. The molecule has 0 spiro atoms. The number of aliphatic hydroxyl groups excluding tert-OH is 19. The van der Waals surface area contributed by atoms with Gasteiger partial charge >= 0.3 is 11.9 Å². The molecule has 3 amide bonds. The highest BCUT2D eigenvalue weighted by Crippen LogP contribution is 2.45. The third kappa shape index (κ3) is 36.2. The summed E-state index contributed by atoms with van der Waals surface area (Å²) in [5, 5.41) is 246. The van der Waals surface area contributed by atoms with E-state index < -0.39 is 308 Å². The van der Waals surface area contributed by atoms with E-state index in [9.17, 15) is 136 Å². The second kappa shape index (κ2) is 62.1. The van der Waals surface area contributed by atoms with Gasteiger partial charge < -0.3 is 185 Å². The number of amides is 3. The first-order valence-electron chi connectivity index (χ1n) is 48.9. The number of rotatable bonds is 67. The van der Waals surface area contributed by atoms with E-state index in [1.807, 2.05) is 0 Å². The summed E-state index contributed by atoms with van der Waals surface area (Å²) in [4.78, 5) is 79.9. The van der Waals surface area contributed by atoms with Crippen molar-refractivity contribution in [2.45, 2.75) is 480 Å². The lowest BCUT2D eigenvalue weighted by Crippen LogP contribution is -2.71. The number of allylic oxidation sites excluding steroid dienone is 1. The van der Waals surface area contributed by atoms with Gasteiger partial charge in [0.25, 0.3) is 11.6 Å². The fraction of sp³-hybridized carbons (Fsp3) is 0.913. The Labute approximate surface area is 785 Å². The maximum atomic E-state index is 14.1. The smallest absolute Gasteiger partial charge is 0.364 e. The monoisotopic (exact) mass is 1930 g/mol. The van der Waals surface area contributed by atoms with Crippen LogP contribution in [0.5, 0.6) is 0 Å². The molecule has 6 aliphatic rings. The summed E-state index contributed by atoms with van der Waals surface area (Å²) >= 11 is 0. The molecule has 0 aliphatic carbocycles. The number of ether oxygens (including phenoxy) is 12. The van der Waals surface area contributed by atoms with E-state index >= 15 is 0 Å². The number of hydrogen-bond donors (Lipinski definition) is 24. The van der Waals surface area contributed by atoms with Crippen molar-refractivity contribution in [1.29, 1.82) is 0 Å². The van der Waals surface area contributed by atoms with Crippen molar-refractivity contribution in [3.8, 4) is 0 Å². The van der Waals surface area contributed by atoms with E-state index in [0.29, 0.717) is 12.8 Å². The highest BCUT2D eigenvalue weighted by Gasteiger charge is 2.64. The number of carbonyl (C=O) groups excluding carboxylic acids is 4. The summed E-state index contributed by atoms with van der Waals surface area (Å²) in [7, 11) is 0. The van der Waals surface area contributed by atoms with Crippen LogP contribution in [0, 0.1) is 5.92 Å². The molecule has 6 heterocycles. The van der Waals surface area contributed by atoms with Gasteiger partial charge in [0.15, 0.2) is 25.2 Å². The normalized spacial score (nSPS) is 33.9. The third-order valence-electron chi connectivity index (χ3n) is 26.1. The van der Waals surface area contributed by atoms with E-state index in [1.165, 1.54) is 147 Å². The van der Waals surface area contributed by atoms with Crippen molar-refractivity contribution < 1.29 is 193 Å². The summed E-state index contributed by atoms with van der Waals surface area (Å²) in [6.45, 7) is -0.583. The van der Waals surface area contributed by atoms with Gasteiger partial charge in [0.2, 0.25) is 17.7 Å². The van der Waals surface area contributed by atoms with Crippen molar-refractivity contribution in [3.05, 3.63) is 12.2 Å². The number of carboxylic acid groups (broad SMARTS) is 2. The Morgan fingerprint density at radius 3 is 1.17 bits per heavy atom. The standard InChI is InChI=1S/C92H163N3O39/c1-6-8-10-12-14-16-18-20-21-22-23-24-25-26-27-28-30-32-34-36-38-40-42-67(110)95-57(58(105)41-39-37-35-33-31-29-19-17-15-13-11-9-7-2)52-123-86-75(116)74(115)79(65(50-100)126-86)129-88-77(118)84(134-92(90(121)122)45-60(107)69(94-55(5)104)82(132-92)71(112)62(109)47-97)80(66(51-101)127-88)130-85-56(43-53(3)102)78(72(113)63(48-98)124-85)128-87-76(117)83(73(114)64(49-99)125-87)133-91(89(119)120)44-59(106)68(93-54(4)103)81(131-91)70(111)61(108)46-96/h39,41,56-66,68-88,96-101,105-109,111-118H,6-38,40,42-52H2,1-5H3,(H,93,103)(H,94,104)(H,95,110)(H,119,120)(H,121,122)/b41-39+/t56-,57+,58-,59+,60+,61-,62-,63-,64-,65-,66-,68-,69-,70-,71-,72+,73+,74-,75-,76-,77-,78-,79-,80+,81?,82?,83+,84-,85+,86-,87+,88+,91+,92+/m1/s1. The lowest BCUT2D eigenvalue weighted by atomic mass is 9.86. The molecule has 6 rings (SSSR count). The number of hydrogen-bond acceptors (Lipinski definition) is 37. The van der Waals surface area contributed by atoms with Crippen LogP contribution in [-0.2, 0) is 85.6 Å². The second-order valence-electron chi connectivity index (χ2n) is 37.1. The topological polar surface area (TPSA) is 674 Å². The van der Waals surface area contributed by atoms with Gasteiger partial charge in [0, 0.05) is 45.4 Å². The third-order valence-corrected chi connectivity index (χ3v) is 26.1. The van der Waals surface area contributed by atoms with Crippen LogP contribution in [0.4, 0.5) is 0 Å². The lowest BCUT2D eigenvalue weighted by Gasteiger charge is -2.53. The molecule has 0 aromatic rings. The van der Waals surface area contributed by atoms with Crippen LogP contribution in [-0.4, -0.2) is 390 Å². The predicted octanol–water partition coefficient (Wildman–Crippen LogP) is -0.0473. The van der Waals surface area contributed by atoms with Crippen LogP contribution in [0.1, 0.15) is 279 Å². The average Bonchev–Trinajstić information content (AvgIpc) is 0.748. The van der Waals surface area contributed by atoms with E-state index in [0.717, 1.165) is 85.0 Å². The van der Waals surface area contributed by atoms with Crippen molar-refractivity contribution in [2.24, 2.45) is 5.92 Å². The number of aliphatic carboxylic acids is 2. The Hall–Kier alpha value is -4.48. The number of nitrogens with one attached hydrogen (secondary N) is 3. The molecule has 0 bridgehead atoms. The summed E-state index contributed by atoms with van der Waals surface area (Å²) in [6, 6.07) is -4.77. The zero-order valence-electron chi connectivity index (χ0n) is 78.7. The molecule has 0 saturated carbocycles. The Morgan fingerprint density at radius 1 is 0.410 bits per heavy atom. The van der Waals surface area contributed by atoms with Gasteiger partial charge in [0.05, 0.1) is 88.8 Å². The maximum Gasteiger partial charge on any atom is 0.364 e. The molecule has 0 aromatic carbocycles. The first-order valence-corrected chi connectivity index (χ1v) is 48.9. The van der Waals surface area contributed by atoms with Crippen LogP contribution in [0.3, 0.4) is 0 Å². The van der Waals surface area contributed by atoms with Gasteiger partial charge in [-0.15, -0.1) is 0 Å². The Kier molecular flexibility index (Phi) is 54.7. The van der Waals surface area contributed by atoms with E-state index in [2.05, 4.69) is 29.8 Å². The molecule has 42 nitrogen and oxygen atoms in total. The predicted molar refractivity (Wildman–Crippen MR) is 473 cm³/mol. The maximum absolute atomic E-state index is 14.1. The molecular formula is C92H163N3O39. The Morgan fingerprint density at radius 2 is 0.769 bits per heavy atom. The largest absolute Gasteiger partial charge is 0.477 e. The van der Waals surface area contributed by atoms with Gasteiger partial charge in [-0.05, 0) is 26.2 Å². The molecule has 0 aromatic heterocycles. The zero-order valence-corrected chi connectivity index (χ0v) is 78.7. The summed E-state index contributed by atoms with van der Waals surface area (Å²) < 4.78 is 72.9. The first-order chi connectivity index (χ1) is 64.1. The van der Waals surface area contributed by atoms with Gasteiger partial charge in [0.1, 0.15) is 128 Å². The van der Waals surface area contributed by atoms with Gasteiger partial charge in [-0.2, -0.15) is 0 Å². The van der Waals surface area contributed by atoms with Crippen LogP contribution in [0.15, 0.2) is 12.2 Å². The fourth-order valence-electron chi connectivity index (χ4n) is 18.4. The van der Waals surface area contributed by atoms with E-state index in [-0.39, 0.29) is 6.42 Å². The highest BCUT2D eigenvalue weighted by atomic mass is 16.8. The minimum absolute atomic E-state index is 0.0988. The van der Waals surface area contributed by atoms with E-state index in [1.54, 1.807) is 6.08 Å². The average molecular weight is 1940 g/mol. The molecule has 6 fully saturated rings. The van der Waals surface area contributed by atoms with Crippen LogP contribution < -0.4 is 16.0 Å². The minimum Gasteiger partial charge on any atom is -0.477 e. The first kappa shape index (κ1) is 118. The van der Waals surface area contributed by atoms with Crippen LogP contribution in [0.25, 0.3) is 0 Å². The Bertz CT molecular complexity index is 3330. The van der Waals surface area contributed by atoms with Gasteiger partial charge in [-0.3, -0.25) is 14.4 Å². The summed E-state index contributed by atoms with van der Waals surface area (Å²) in [5.41, 5.74) is 0. The molecule has 42 heteroatoms. The molecule has 780 valence electrons. The van der Waals surface area contributed by atoms with Crippen molar-refractivity contribution in [3.63, 3.8) is 0 Å². The van der Waals surface area contributed by atoms with Crippen molar-refractivity contribution in [2.75, 3.05) is 46.2 Å². The fourth-order valence-corrected chi connectivity index (χ4v) is 18.4. The van der Waals surface area contributed by atoms with Gasteiger partial charge in [-0.25, -0.2) is 9.59 Å². The minimum atomic E-state index is -3.49. The number of ketones is 1. The quantitative estimate of drug-likeness (QED) is 0.0280. The second-order valence-corrected chi connectivity index (χ2v) is 37.1. The molecular weight excluding hydrogens is 1770 g/mol. The SMILES string of the molecule is CCCCCCCCCCCCC/C=C/[C@@H](O)[C@H](CO[C@@H]1O[C@H](CO)[C@@H](O[C@@H]2O[C@H](CO)[C@H](O[C@@H]3O[C@H](CO)[C@H](O)[C@H](O[C@@H]4O[C@H](CO)[C@H](O)[C@H](O[C@]5(C(=O)O)C[C@H](O)[C@@H](NC(C)=O)C([C@H](O)[C@H](O)CO)O5)[C@H]4O)[C@H]3CC(C)=O)[C@H](O[C@]3(C(=O)O)C[C@H](O)[C@@H](NC(C)=O)C([C@H](O)[C@H](O)CO)O3)[C@H]2O)[C@H](O)[C@H]1O)NC(=O)CCCCCCCCCCCCCCCCCCCCCCCC. The number of unbranched alkanes of at least 4 members (excludes halogenated alkanes) is 32. The highest BCUT2D eigenvalue weighted by molar-refractivity contribution is 5.78. The molecule has 2 unspecified atom stereocenters. The number of Topliss-reactive ketones (excluding diaryl/α,β-unsaturated/α-hetero) is 1. The van der Waals surface area contributed by atoms with Crippen LogP contribution in [0.2, 0.25) is 0 Å². The van der Waals surface area contributed by atoms with Gasteiger partial charge in [-0.1, -0.05) is 225 Å². The summed E-state index contributed by atoms with van der Waals surface area (Å²) in [6.07, 6.45) is -22.7. The Balaban J connectivity index is 1.25. The molecule has 134 heavy (non-hydrogen) atoms. The lowest BCUT2D eigenvalue weighted by molar-refractivity contribution is -0.408. The van der Waals surface area contributed by atoms with Crippen molar-refractivity contribution >= 4 is 35.4 Å². The van der Waals surface area contributed by atoms with Crippen molar-refractivity contribution in [1.82, 2.24) is 16.0 Å². The number of aliphatic hydroxyl groups is 19. The zero-order chi connectivity index (χ0) is 98.8. The van der Waals surface area contributed by atoms with E-state index in [4.69, 9.17) is 56.8 Å². The van der Waals surface area contributed by atoms with Crippen LogP contribution >= 0.6 is 0 Å². The molecule has 0 radical (unpaired) electrons. The number of carbonyl (C=O) groups is 6. The number of carboxylic acids is 2. The molecule has 6 saturated heterocycles. The molecule has 24 N–H and O–H groups in total. The molecule has 6 aliphatic heterocycles.